The Kier molecular flexibility index (Phi) is 9.38. The third-order valence-electron chi connectivity index (χ3n) is 5.00. The summed E-state index contributed by atoms with van der Waals surface area (Å²) >= 11 is 0. The quantitative estimate of drug-likeness (QED) is 0.591. The minimum atomic E-state index is -0.585. The van der Waals surface area contributed by atoms with E-state index in [1.54, 1.807) is 12.0 Å². The standard InChI is InChI=1S/C25H34N2O4/c1-6-22(25(29)26-15-18(2)3)27(16-20-11-9-12-21(14-20)30-5)24(28)17-31-23-13-8-7-10-19(23)4/h7-14,18,22H,6,15-17H2,1-5H3,(H,26,29)/t22-/m0/s1. The number of hydrogen-bond donors (Lipinski definition) is 1. The van der Waals surface area contributed by atoms with Gasteiger partial charge in [0.1, 0.15) is 17.5 Å². The Bertz CT molecular complexity index is 866. The summed E-state index contributed by atoms with van der Waals surface area (Å²) < 4.78 is 11.1. The first-order valence-electron chi connectivity index (χ1n) is 10.7. The van der Waals surface area contributed by atoms with Crippen molar-refractivity contribution in [3.05, 3.63) is 59.7 Å². The second-order valence-corrected chi connectivity index (χ2v) is 7.99. The zero-order valence-corrected chi connectivity index (χ0v) is 19.2. The Balaban J connectivity index is 2.23. The van der Waals surface area contributed by atoms with Crippen LogP contribution in [0.2, 0.25) is 0 Å². The van der Waals surface area contributed by atoms with Crippen LogP contribution in [0.5, 0.6) is 11.5 Å². The normalized spacial score (nSPS) is 11.7. The minimum Gasteiger partial charge on any atom is -0.497 e. The number of carbonyl (C=O) groups excluding carboxylic acids is 2. The Labute approximate surface area is 185 Å². The molecule has 2 amide bonds. The summed E-state index contributed by atoms with van der Waals surface area (Å²) in [6.07, 6.45) is 0.504. The predicted molar refractivity (Wildman–Crippen MR) is 122 cm³/mol. The fraction of sp³-hybridized carbons (Fsp3) is 0.440. The van der Waals surface area contributed by atoms with Crippen LogP contribution in [-0.2, 0) is 16.1 Å². The van der Waals surface area contributed by atoms with Crippen molar-refractivity contribution in [3.63, 3.8) is 0 Å². The lowest BCUT2D eigenvalue weighted by Gasteiger charge is -2.31. The third-order valence-corrected chi connectivity index (χ3v) is 5.00. The summed E-state index contributed by atoms with van der Waals surface area (Å²) in [5.41, 5.74) is 1.84. The van der Waals surface area contributed by atoms with Crippen molar-refractivity contribution >= 4 is 11.8 Å². The van der Waals surface area contributed by atoms with Gasteiger partial charge < -0.3 is 19.7 Å². The first-order valence-corrected chi connectivity index (χ1v) is 10.7. The van der Waals surface area contributed by atoms with Crippen LogP contribution in [0.15, 0.2) is 48.5 Å². The van der Waals surface area contributed by atoms with Crippen molar-refractivity contribution < 1.29 is 19.1 Å². The summed E-state index contributed by atoms with van der Waals surface area (Å²) in [6, 6.07) is 14.5. The van der Waals surface area contributed by atoms with Crippen molar-refractivity contribution in [1.29, 1.82) is 0 Å². The lowest BCUT2D eigenvalue weighted by molar-refractivity contribution is -0.143. The summed E-state index contributed by atoms with van der Waals surface area (Å²) in [5, 5.41) is 2.96. The zero-order valence-electron chi connectivity index (χ0n) is 19.2. The molecule has 0 aliphatic carbocycles. The minimum absolute atomic E-state index is 0.136. The zero-order chi connectivity index (χ0) is 22.8. The molecule has 1 N–H and O–H groups in total. The van der Waals surface area contributed by atoms with E-state index >= 15 is 0 Å². The van der Waals surface area contributed by atoms with E-state index in [-0.39, 0.29) is 18.4 Å². The molecule has 0 aromatic heterocycles. The van der Waals surface area contributed by atoms with Crippen LogP contribution in [0.3, 0.4) is 0 Å². The molecule has 0 bridgehead atoms. The molecule has 168 valence electrons. The highest BCUT2D eigenvalue weighted by Gasteiger charge is 2.29. The molecule has 2 rings (SSSR count). The van der Waals surface area contributed by atoms with Crippen molar-refractivity contribution in [2.24, 2.45) is 5.92 Å². The Morgan fingerprint density at radius 3 is 2.48 bits per heavy atom. The van der Waals surface area contributed by atoms with Crippen molar-refractivity contribution in [3.8, 4) is 11.5 Å². The molecule has 0 saturated heterocycles. The Morgan fingerprint density at radius 2 is 1.84 bits per heavy atom. The van der Waals surface area contributed by atoms with Gasteiger partial charge in [-0.2, -0.15) is 0 Å². The van der Waals surface area contributed by atoms with Gasteiger partial charge in [-0.3, -0.25) is 9.59 Å². The number of ether oxygens (including phenoxy) is 2. The number of methoxy groups -OCH3 is 1. The van der Waals surface area contributed by atoms with Gasteiger partial charge in [-0.05, 0) is 48.6 Å². The van der Waals surface area contributed by atoms with Crippen molar-refractivity contribution in [1.82, 2.24) is 10.2 Å². The monoisotopic (exact) mass is 426 g/mol. The summed E-state index contributed by atoms with van der Waals surface area (Å²) in [7, 11) is 1.60. The third kappa shape index (κ3) is 7.31. The molecule has 0 radical (unpaired) electrons. The van der Waals surface area contributed by atoms with Crippen LogP contribution in [-0.4, -0.2) is 43.0 Å². The van der Waals surface area contributed by atoms with Gasteiger partial charge in [0.25, 0.3) is 5.91 Å². The Morgan fingerprint density at radius 1 is 1.10 bits per heavy atom. The maximum Gasteiger partial charge on any atom is 0.261 e. The van der Waals surface area contributed by atoms with E-state index in [1.807, 2.05) is 76.2 Å². The number of nitrogens with one attached hydrogen (secondary N) is 1. The van der Waals surface area contributed by atoms with Gasteiger partial charge in [-0.15, -0.1) is 0 Å². The molecule has 0 aliphatic rings. The number of aryl methyl sites for hydroxylation is 1. The van der Waals surface area contributed by atoms with E-state index in [0.29, 0.717) is 36.9 Å². The predicted octanol–water partition coefficient (Wildman–Crippen LogP) is 3.96. The highest BCUT2D eigenvalue weighted by Crippen LogP contribution is 2.19. The van der Waals surface area contributed by atoms with E-state index in [1.165, 1.54) is 0 Å². The van der Waals surface area contributed by atoms with Gasteiger partial charge in [-0.25, -0.2) is 0 Å². The molecule has 31 heavy (non-hydrogen) atoms. The van der Waals surface area contributed by atoms with Crippen LogP contribution in [0.1, 0.15) is 38.3 Å². The van der Waals surface area contributed by atoms with Gasteiger partial charge in [-0.1, -0.05) is 51.1 Å². The van der Waals surface area contributed by atoms with E-state index < -0.39 is 6.04 Å². The number of para-hydroxylation sites is 1. The smallest absolute Gasteiger partial charge is 0.261 e. The number of benzene rings is 2. The van der Waals surface area contributed by atoms with E-state index in [0.717, 1.165) is 11.1 Å². The maximum atomic E-state index is 13.2. The van der Waals surface area contributed by atoms with Crippen LogP contribution >= 0.6 is 0 Å². The first kappa shape index (κ1) is 24.3. The number of carbonyl (C=O) groups is 2. The molecule has 6 nitrogen and oxygen atoms in total. The average Bonchev–Trinajstić information content (AvgIpc) is 2.76. The fourth-order valence-electron chi connectivity index (χ4n) is 3.25. The van der Waals surface area contributed by atoms with Gasteiger partial charge >= 0.3 is 0 Å². The van der Waals surface area contributed by atoms with Crippen molar-refractivity contribution in [2.75, 3.05) is 20.3 Å². The van der Waals surface area contributed by atoms with E-state index in [9.17, 15) is 9.59 Å². The molecular formula is C25H34N2O4. The van der Waals surface area contributed by atoms with E-state index in [2.05, 4.69) is 5.32 Å². The number of rotatable bonds is 11. The molecule has 0 fully saturated rings. The maximum absolute atomic E-state index is 13.2. The molecule has 2 aromatic rings. The number of amides is 2. The van der Waals surface area contributed by atoms with Crippen LogP contribution in [0.4, 0.5) is 0 Å². The molecular weight excluding hydrogens is 392 g/mol. The average molecular weight is 427 g/mol. The second kappa shape index (κ2) is 12.0. The molecule has 0 spiro atoms. The molecule has 0 aliphatic heterocycles. The molecule has 0 saturated carbocycles. The van der Waals surface area contributed by atoms with Crippen LogP contribution in [0.25, 0.3) is 0 Å². The van der Waals surface area contributed by atoms with Gasteiger partial charge in [0.2, 0.25) is 5.91 Å². The second-order valence-electron chi connectivity index (χ2n) is 7.99. The highest BCUT2D eigenvalue weighted by molar-refractivity contribution is 5.88. The van der Waals surface area contributed by atoms with Gasteiger partial charge in [0.15, 0.2) is 6.61 Å². The fourth-order valence-corrected chi connectivity index (χ4v) is 3.25. The Hall–Kier alpha value is -3.02. The van der Waals surface area contributed by atoms with Gasteiger partial charge in [0.05, 0.1) is 7.11 Å². The first-order chi connectivity index (χ1) is 14.8. The molecule has 2 aromatic carbocycles. The molecule has 1 atom stereocenters. The topological polar surface area (TPSA) is 67.9 Å². The van der Waals surface area contributed by atoms with Gasteiger partial charge in [0, 0.05) is 13.1 Å². The lowest BCUT2D eigenvalue weighted by Crippen LogP contribution is -2.50. The van der Waals surface area contributed by atoms with E-state index in [4.69, 9.17) is 9.47 Å². The number of nitrogens with zero attached hydrogens (tertiary/aromatic N) is 1. The SMILES string of the molecule is CC[C@@H](C(=O)NCC(C)C)N(Cc1cccc(OC)c1)C(=O)COc1ccccc1C. The summed E-state index contributed by atoms with van der Waals surface area (Å²) in [6.45, 7) is 8.64. The molecule has 0 unspecified atom stereocenters. The summed E-state index contributed by atoms with van der Waals surface area (Å²) in [4.78, 5) is 27.7. The lowest BCUT2D eigenvalue weighted by atomic mass is 10.1. The largest absolute Gasteiger partial charge is 0.497 e. The number of hydrogen-bond acceptors (Lipinski definition) is 4. The van der Waals surface area contributed by atoms with Crippen LogP contribution < -0.4 is 14.8 Å². The van der Waals surface area contributed by atoms with Crippen LogP contribution in [0, 0.1) is 12.8 Å². The highest BCUT2D eigenvalue weighted by atomic mass is 16.5. The molecule has 0 heterocycles. The summed E-state index contributed by atoms with van der Waals surface area (Å²) in [5.74, 6) is 1.31. The van der Waals surface area contributed by atoms with Crippen molar-refractivity contribution in [2.45, 2.75) is 46.7 Å². The molecule has 6 heteroatoms.